The summed E-state index contributed by atoms with van der Waals surface area (Å²) in [6.45, 7) is 1.06. The van der Waals surface area contributed by atoms with Crippen molar-refractivity contribution < 1.29 is 17.6 Å². The minimum absolute atomic E-state index is 0.0280. The highest BCUT2D eigenvalue weighted by Crippen LogP contribution is 2.29. The zero-order chi connectivity index (χ0) is 20.7. The molecule has 160 valence electrons. The lowest BCUT2D eigenvalue weighted by Crippen LogP contribution is -2.36. The van der Waals surface area contributed by atoms with Crippen LogP contribution in [0.4, 0.5) is 4.39 Å². The van der Waals surface area contributed by atoms with E-state index in [4.69, 9.17) is 0 Å². The van der Waals surface area contributed by atoms with Gasteiger partial charge in [-0.2, -0.15) is 0 Å². The number of benzene rings is 1. The molecule has 1 amide bonds. The van der Waals surface area contributed by atoms with E-state index in [-0.39, 0.29) is 22.6 Å². The lowest BCUT2D eigenvalue weighted by atomic mass is 9.81. The van der Waals surface area contributed by atoms with Crippen LogP contribution in [0.25, 0.3) is 0 Å². The smallest absolute Gasteiger partial charge is 0.240 e. The van der Waals surface area contributed by atoms with Crippen molar-refractivity contribution in [2.24, 2.45) is 11.8 Å². The van der Waals surface area contributed by atoms with E-state index in [9.17, 15) is 17.6 Å². The van der Waals surface area contributed by atoms with Crippen LogP contribution < -0.4 is 10.0 Å². The van der Waals surface area contributed by atoms with Crippen molar-refractivity contribution in [3.63, 3.8) is 0 Å². The number of hydrogen-bond acceptors (Lipinski definition) is 3. The van der Waals surface area contributed by atoms with Crippen LogP contribution in [0.5, 0.6) is 0 Å². The Morgan fingerprint density at radius 1 is 1.07 bits per heavy atom. The lowest BCUT2D eigenvalue weighted by molar-refractivity contribution is -0.126. The maximum absolute atomic E-state index is 13.0. The van der Waals surface area contributed by atoms with E-state index in [1.54, 1.807) is 0 Å². The second-order valence-corrected chi connectivity index (χ2v) is 9.94. The van der Waals surface area contributed by atoms with Crippen LogP contribution in [0.3, 0.4) is 0 Å². The molecule has 7 heteroatoms. The molecule has 5 nitrogen and oxygen atoms in total. The van der Waals surface area contributed by atoms with Gasteiger partial charge >= 0.3 is 0 Å². The summed E-state index contributed by atoms with van der Waals surface area (Å²) in [5.74, 6) is -0.0790. The first-order valence-corrected chi connectivity index (χ1v) is 12.1. The maximum atomic E-state index is 13.0. The van der Waals surface area contributed by atoms with Crippen LogP contribution in [0, 0.1) is 17.7 Å². The average molecular weight is 423 g/mol. The summed E-state index contributed by atoms with van der Waals surface area (Å²) in [6, 6.07) is 4.82. The van der Waals surface area contributed by atoms with Crippen molar-refractivity contribution in [1.29, 1.82) is 0 Å². The normalized spacial score (nSPS) is 22.7. The molecule has 0 spiro atoms. The number of sulfonamides is 1. The van der Waals surface area contributed by atoms with Gasteiger partial charge in [0.2, 0.25) is 15.9 Å². The molecule has 0 radical (unpaired) electrons. The van der Waals surface area contributed by atoms with E-state index in [1.165, 1.54) is 30.5 Å². The van der Waals surface area contributed by atoms with Gasteiger partial charge in [0.25, 0.3) is 0 Å². The highest BCUT2D eigenvalue weighted by molar-refractivity contribution is 7.89. The fourth-order valence-electron chi connectivity index (χ4n) is 4.18. The van der Waals surface area contributed by atoms with Gasteiger partial charge in [-0.05, 0) is 88.0 Å². The summed E-state index contributed by atoms with van der Waals surface area (Å²) in [5, 5.41) is 3.07. The first-order chi connectivity index (χ1) is 13.9. The minimum Gasteiger partial charge on any atom is -0.356 e. The first-order valence-electron chi connectivity index (χ1n) is 10.6. The predicted octanol–water partition coefficient (Wildman–Crippen LogP) is 3.92. The van der Waals surface area contributed by atoms with Gasteiger partial charge in [-0.15, -0.1) is 0 Å². The van der Waals surface area contributed by atoms with E-state index >= 15 is 0 Å². The molecule has 29 heavy (non-hydrogen) atoms. The largest absolute Gasteiger partial charge is 0.356 e. The highest BCUT2D eigenvalue weighted by atomic mass is 32.2. The van der Waals surface area contributed by atoms with Crippen molar-refractivity contribution in [2.45, 2.75) is 62.7 Å². The standard InChI is InChI=1S/C22H31FN2O3S/c23-20-10-12-21(13-11-20)29(27,28)25-16-18-6-8-19(9-7-18)22(26)24-15-14-17-4-2-1-3-5-17/h4,10-13,18-19,25H,1-3,5-9,14-16H2,(H,24,26). The summed E-state index contributed by atoms with van der Waals surface area (Å²) in [4.78, 5) is 12.5. The average Bonchev–Trinajstić information content (AvgIpc) is 2.74. The molecule has 0 heterocycles. The Hall–Kier alpha value is -1.73. The maximum Gasteiger partial charge on any atom is 0.240 e. The van der Waals surface area contributed by atoms with Gasteiger partial charge in [-0.3, -0.25) is 4.79 Å². The van der Waals surface area contributed by atoms with Gasteiger partial charge in [0, 0.05) is 19.0 Å². The summed E-state index contributed by atoms with van der Waals surface area (Å²) >= 11 is 0. The Labute approximate surface area is 173 Å². The molecule has 2 aliphatic carbocycles. The quantitative estimate of drug-likeness (QED) is 0.624. The number of hydrogen-bond donors (Lipinski definition) is 2. The van der Waals surface area contributed by atoms with Gasteiger partial charge in [-0.1, -0.05) is 11.6 Å². The molecule has 2 N–H and O–H groups in total. The van der Waals surface area contributed by atoms with Crippen molar-refractivity contribution >= 4 is 15.9 Å². The van der Waals surface area contributed by atoms with Crippen LogP contribution in [-0.4, -0.2) is 27.4 Å². The zero-order valence-electron chi connectivity index (χ0n) is 16.8. The second-order valence-electron chi connectivity index (χ2n) is 8.17. The molecule has 2 aliphatic rings. The minimum atomic E-state index is -3.63. The topological polar surface area (TPSA) is 75.3 Å². The van der Waals surface area contributed by atoms with Gasteiger partial charge in [0.1, 0.15) is 5.82 Å². The van der Waals surface area contributed by atoms with Crippen LogP contribution in [0.2, 0.25) is 0 Å². The van der Waals surface area contributed by atoms with Crippen molar-refractivity contribution in [1.82, 2.24) is 10.0 Å². The van der Waals surface area contributed by atoms with Gasteiger partial charge in [-0.25, -0.2) is 17.5 Å². The first kappa shape index (κ1) is 22.0. The van der Waals surface area contributed by atoms with Crippen LogP contribution in [0.1, 0.15) is 57.8 Å². The summed E-state index contributed by atoms with van der Waals surface area (Å²) in [6.07, 6.45) is 11.4. The molecule has 0 unspecified atom stereocenters. The molecule has 1 saturated carbocycles. The number of rotatable bonds is 8. The third-order valence-electron chi connectivity index (χ3n) is 6.03. The lowest BCUT2D eigenvalue weighted by Gasteiger charge is -2.28. The number of nitrogens with one attached hydrogen (secondary N) is 2. The predicted molar refractivity (Wildman–Crippen MR) is 111 cm³/mol. The SMILES string of the molecule is O=C(NCCC1=CCCCC1)C1CCC(CNS(=O)(=O)c2ccc(F)cc2)CC1. The van der Waals surface area contributed by atoms with Crippen molar-refractivity contribution in [2.75, 3.05) is 13.1 Å². The van der Waals surface area contributed by atoms with E-state index in [0.717, 1.165) is 57.1 Å². The molecular formula is C22H31FN2O3S. The van der Waals surface area contributed by atoms with Crippen LogP contribution in [0.15, 0.2) is 40.8 Å². The molecule has 0 bridgehead atoms. The Balaban J connectivity index is 1.37. The summed E-state index contributed by atoms with van der Waals surface area (Å²) in [7, 11) is -3.63. The molecule has 0 saturated heterocycles. The second kappa shape index (κ2) is 10.3. The Kier molecular flexibility index (Phi) is 7.84. The molecule has 3 rings (SSSR count). The van der Waals surface area contributed by atoms with Gasteiger partial charge < -0.3 is 5.32 Å². The van der Waals surface area contributed by atoms with E-state index in [1.807, 2.05) is 0 Å². The van der Waals surface area contributed by atoms with Gasteiger partial charge in [0.05, 0.1) is 4.90 Å². The van der Waals surface area contributed by atoms with E-state index in [2.05, 4.69) is 16.1 Å². The number of allylic oxidation sites excluding steroid dienone is 1. The molecular weight excluding hydrogens is 391 g/mol. The van der Waals surface area contributed by atoms with Gasteiger partial charge in [0.15, 0.2) is 0 Å². The highest BCUT2D eigenvalue weighted by Gasteiger charge is 2.27. The molecule has 1 fully saturated rings. The summed E-state index contributed by atoms with van der Waals surface area (Å²) in [5.41, 5.74) is 1.47. The Morgan fingerprint density at radius 2 is 1.79 bits per heavy atom. The number of carbonyl (C=O) groups excluding carboxylic acids is 1. The van der Waals surface area contributed by atoms with E-state index in [0.29, 0.717) is 13.1 Å². The monoisotopic (exact) mass is 422 g/mol. The van der Waals surface area contributed by atoms with E-state index < -0.39 is 15.8 Å². The number of carbonyl (C=O) groups is 1. The third-order valence-corrected chi connectivity index (χ3v) is 7.47. The number of amides is 1. The van der Waals surface area contributed by atoms with Crippen LogP contribution >= 0.6 is 0 Å². The van der Waals surface area contributed by atoms with Crippen molar-refractivity contribution in [3.8, 4) is 0 Å². The molecule has 0 atom stereocenters. The Morgan fingerprint density at radius 3 is 2.45 bits per heavy atom. The third kappa shape index (κ3) is 6.64. The fourth-order valence-corrected chi connectivity index (χ4v) is 5.29. The molecule has 0 aliphatic heterocycles. The molecule has 1 aromatic rings. The van der Waals surface area contributed by atoms with Crippen molar-refractivity contribution in [3.05, 3.63) is 41.7 Å². The summed E-state index contributed by atoms with van der Waals surface area (Å²) < 4.78 is 40.2. The molecule has 1 aromatic carbocycles. The fraction of sp³-hybridized carbons (Fsp3) is 0.591. The zero-order valence-corrected chi connectivity index (χ0v) is 17.6. The van der Waals surface area contributed by atoms with Crippen LogP contribution in [-0.2, 0) is 14.8 Å². The molecule has 0 aromatic heterocycles. The Bertz CT molecular complexity index is 813. The number of halogens is 1.